The molecule has 2 heterocycles. The normalized spacial score (nSPS) is 19.5. The third-order valence-electron chi connectivity index (χ3n) is 4.69. The lowest BCUT2D eigenvalue weighted by Gasteiger charge is -2.34. The van der Waals surface area contributed by atoms with Gasteiger partial charge in [0.05, 0.1) is 24.9 Å². The first-order valence-corrected chi connectivity index (χ1v) is 8.26. The number of hydrogen-bond donors (Lipinski definition) is 0. The van der Waals surface area contributed by atoms with Crippen LogP contribution in [0.4, 0.5) is 5.69 Å². The van der Waals surface area contributed by atoms with Crippen molar-refractivity contribution in [3.63, 3.8) is 0 Å². The zero-order chi connectivity index (χ0) is 16.2. The Morgan fingerprint density at radius 1 is 1.17 bits per heavy atom. The molecule has 2 aliphatic rings. The molecule has 5 nitrogen and oxygen atoms in total. The number of nitrogens with zero attached hydrogens (tertiary/aromatic N) is 2. The van der Waals surface area contributed by atoms with Gasteiger partial charge < -0.3 is 23.9 Å². The molecule has 1 aromatic rings. The summed E-state index contributed by atoms with van der Waals surface area (Å²) in [7, 11) is 9.41. The van der Waals surface area contributed by atoms with E-state index in [2.05, 4.69) is 17.0 Å². The van der Waals surface area contributed by atoms with Crippen LogP contribution in [0.1, 0.15) is 11.1 Å². The first-order valence-electron chi connectivity index (χ1n) is 8.26. The van der Waals surface area contributed by atoms with Crippen molar-refractivity contribution in [1.29, 1.82) is 0 Å². The standard InChI is InChI=1S/C17H25BN2O3/c1-21-12-15(22-2)11-19-7-8-23-17-10-14-4-6-20(18)5-3-13(14)9-16(17)19/h9-10,15H,3-8,11-12H2,1-2H3/t15-/m1/s1. The van der Waals surface area contributed by atoms with Gasteiger partial charge in [0, 0.05) is 20.8 Å². The topological polar surface area (TPSA) is 34.2 Å². The predicted octanol–water partition coefficient (Wildman–Crippen LogP) is 1.03. The lowest BCUT2D eigenvalue weighted by atomic mass is 10.0. The molecule has 0 unspecified atom stereocenters. The third kappa shape index (κ3) is 3.82. The summed E-state index contributed by atoms with van der Waals surface area (Å²) < 4.78 is 16.7. The Balaban J connectivity index is 1.83. The van der Waals surface area contributed by atoms with E-state index in [9.17, 15) is 0 Å². The molecular weight excluding hydrogens is 291 g/mol. The van der Waals surface area contributed by atoms with Gasteiger partial charge in [-0.25, -0.2) is 0 Å². The molecule has 6 heteroatoms. The number of hydrogen-bond acceptors (Lipinski definition) is 5. The highest BCUT2D eigenvalue weighted by Crippen LogP contribution is 2.35. The Labute approximate surface area is 139 Å². The van der Waals surface area contributed by atoms with Gasteiger partial charge in [-0.05, 0) is 49.2 Å². The fourth-order valence-corrected chi connectivity index (χ4v) is 3.32. The largest absolute Gasteiger partial charge is 0.490 e. The molecule has 0 saturated carbocycles. The fourth-order valence-electron chi connectivity index (χ4n) is 3.32. The predicted molar refractivity (Wildman–Crippen MR) is 91.6 cm³/mol. The number of rotatable bonds is 5. The van der Waals surface area contributed by atoms with Crippen LogP contribution in [0, 0.1) is 0 Å². The summed E-state index contributed by atoms with van der Waals surface area (Å²) in [5.41, 5.74) is 3.91. The zero-order valence-electron chi connectivity index (χ0n) is 14.1. The van der Waals surface area contributed by atoms with Crippen LogP contribution in [0.15, 0.2) is 12.1 Å². The molecule has 0 saturated heterocycles. The van der Waals surface area contributed by atoms with Gasteiger partial charge in [-0.1, -0.05) is 0 Å². The van der Waals surface area contributed by atoms with Crippen LogP contribution in [0.3, 0.4) is 0 Å². The van der Waals surface area contributed by atoms with Crippen molar-refractivity contribution in [3.05, 3.63) is 23.3 Å². The summed E-state index contributed by atoms with van der Waals surface area (Å²) in [5.74, 6) is 0.979. The van der Waals surface area contributed by atoms with Crippen LogP contribution < -0.4 is 9.64 Å². The van der Waals surface area contributed by atoms with Gasteiger partial charge in [-0.2, -0.15) is 0 Å². The van der Waals surface area contributed by atoms with Crippen molar-refractivity contribution in [2.75, 3.05) is 58.5 Å². The van der Waals surface area contributed by atoms with E-state index in [1.807, 2.05) is 4.81 Å². The van der Waals surface area contributed by atoms with E-state index >= 15 is 0 Å². The Kier molecular flexibility index (Phi) is 5.46. The highest BCUT2D eigenvalue weighted by atomic mass is 16.5. The van der Waals surface area contributed by atoms with Crippen molar-refractivity contribution in [2.45, 2.75) is 18.9 Å². The second kappa shape index (κ2) is 7.56. The smallest absolute Gasteiger partial charge is 0.182 e. The number of ether oxygens (including phenoxy) is 3. The number of benzene rings is 1. The highest BCUT2D eigenvalue weighted by Gasteiger charge is 2.24. The molecule has 3 rings (SSSR count). The maximum absolute atomic E-state index is 5.97. The van der Waals surface area contributed by atoms with Crippen LogP contribution in [0.2, 0.25) is 0 Å². The number of methoxy groups -OCH3 is 2. The van der Waals surface area contributed by atoms with Gasteiger partial charge in [0.1, 0.15) is 12.4 Å². The molecule has 23 heavy (non-hydrogen) atoms. The average molecular weight is 316 g/mol. The second-order valence-electron chi connectivity index (χ2n) is 6.23. The van der Waals surface area contributed by atoms with Crippen molar-refractivity contribution in [1.82, 2.24) is 4.81 Å². The van der Waals surface area contributed by atoms with Crippen LogP contribution in [0.5, 0.6) is 5.75 Å². The Morgan fingerprint density at radius 3 is 2.61 bits per heavy atom. The average Bonchev–Trinajstić information content (AvgIpc) is 2.74. The lowest BCUT2D eigenvalue weighted by molar-refractivity contribution is 0.0321. The van der Waals surface area contributed by atoms with Crippen LogP contribution >= 0.6 is 0 Å². The maximum atomic E-state index is 5.97. The maximum Gasteiger partial charge on any atom is 0.182 e. The van der Waals surface area contributed by atoms with E-state index in [0.717, 1.165) is 44.8 Å². The first-order chi connectivity index (χ1) is 11.2. The van der Waals surface area contributed by atoms with Gasteiger partial charge >= 0.3 is 0 Å². The fraction of sp³-hybridized carbons (Fsp3) is 0.647. The second-order valence-corrected chi connectivity index (χ2v) is 6.23. The Hall–Kier alpha value is -1.24. The molecule has 2 radical (unpaired) electrons. The third-order valence-corrected chi connectivity index (χ3v) is 4.69. The van der Waals surface area contributed by atoms with Crippen molar-refractivity contribution >= 4 is 13.7 Å². The first kappa shape index (κ1) is 16.6. The number of fused-ring (bicyclic) bond motifs is 2. The minimum absolute atomic E-state index is 0.0595. The van der Waals surface area contributed by atoms with Gasteiger partial charge in [-0.3, -0.25) is 0 Å². The minimum atomic E-state index is 0.0595. The molecule has 0 spiro atoms. The molecule has 0 fully saturated rings. The Bertz CT molecular complexity index is 541. The molecular formula is C17H25BN2O3. The van der Waals surface area contributed by atoms with Crippen LogP contribution in [-0.4, -0.2) is 72.5 Å². The SMILES string of the molecule is [B]N1CCc2cc3c(cc2CC1)N(C[C@H](COC)OC)CCO3. The summed E-state index contributed by atoms with van der Waals surface area (Å²) in [6.07, 6.45) is 2.02. The molecule has 1 atom stereocenters. The molecule has 0 bridgehead atoms. The summed E-state index contributed by atoms with van der Waals surface area (Å²) in [5, 5.41) is 0. The monoisotopic (exact) mass is 316 g/mol. The molecule has 124 valence electrons. The molecule has 0 amide bonds. The molecule has 2 aliphatic heterocycles. The quantitative estimate of drug-likeness (QED) is 0.758. The van der Waals surface area contributed by atoms with E-state index in [1.54, 1.807) is 14.2 Å². The van der Waals surface area contributed by atoms with Crippen molar-refractivity contribution < 1.29 is 14.2 Å². The molecule has 0 N–H and O–H groups in total. The van der Waals surface area contributed by atoms with Crippen molar-refractivity contribution in [2.24, 2.45) is 0 Å². The van der Waals surface area contributed by atoms with Gasteiger partial charge in [-0.15, -0.1) is 0 Å². The highest BCUT2D eigenvalue weighted by molar-refractivity contribution is 6.04. The van der Waals surface area contributed by atoms with E-state index < -0.39 is 0 Å². The minimum Gasteiger partial charge on any atom is -0.490 e. The van der Waals surface area contributed by atoms with E-state index in [-0.39, 0.29) is 6.10 Å². The van der Waals surface area contributed by atoms with Gasteiger partial charge in [0.15, 0.2) is 7.98 Å². The summed E-state index contributed by atoms with van der Waals surface area (Å²) in [4.78, 5) is 4.24. The number of anilines is 1. The van der Waals surface area contributed by atoms with Gasteiger partial charge in [0.2, 0.25) is 0 Å². The Morgan fingerprint density at radius 2 is 1.91 bits per heavy atom. The van der Waals surface area contributed by atoms with E-state index in [1.165, 1.54) is 16.8 Å². The molecule has 0 aliphatic carbocycles. The molecule has 0 aromatic heterocycles. The van der Waals surface area contributed by atoms with Crippen LogP contribution in [-0.2, 0) is 22.3 Å². The summed E-state index contributed by atoms with van der Waals surface area (Å²) in [6.45, 7) is 4.78. The molecule has 1 aromatic carbocycles. The lowest BCUT2D eigenvalue weighted by Crippen LogP contribution is -2.40. The summed E-state index contributed by atoms with van der Waals surface area (Å²) in [6, 6.07) is 4.48. The van der Waals surface area contributed by atoms with Gasteiger partial charge in [0.25, 0.3) is 0 Å². The van der Waals surface area contributed by atoms with Crippen LogP contribution in [0.25, 0.3) is 0 Å². The van der Waals surface area contributed by atoms with Crippen molar-refractivity contribution in [3.8, 4) is 5.75 Å². The zero-order valence-corrected chi connectivity index (χ0v) is 14.1. The van der Waals surface area contributed by atoms with E-state index in [4.69, 9.17) is 22.2 Å². The van der Waals surface area contributed by atoms with E-state index in [0.29, 0.717) is 13.2 Å². The summed E-state index contributed by atoms with van der Waals surface area (Å²) >= 11 is 0.